The van der Waals surface area contributed by atoms with Crippen LogP contribution in [0.2, 0.25) is 0 Å². The van der Waals surface area contributed by atoms with Crippen molar-refractivity contribution in [2.75, 3.05) is 13.1 Å². The van der Waals surface area contributed by atoms with E-state index in [1.54, 1.807) is 0 Å². The summed E-state index contributed by atoms with van der Waals surface area (Å²) >= 11 is 0. The maximum atomic E-state index is 4.28. The first-order valence-corrected chi connectivity index (χ1v) is 5.29. The van der Waals surface area contributed by atoms with E-state index < -0.39 is 0 Å². The lowest BCUT2D eigenvalue weighted by Gasteiger charge is -2.23. The lowest BCUT2D eigenvalue weighted by molar-refractivity contribution is 0.387. The van der Waals surface area contributed by atoms with Gasteiger partial charge in [-0.1, -0.05) is 6.07 Å². The molecule has 1 atom stereocenters. The van der Waals surface area contributed by atoms with Crippen LogP contribution in [0.1, 0.15) is 18.5 Å². The number of nitrogens with one attached hydrogen (secondary N) is 2. The second-order valence-corrected chi connectivity index (χ2v) is 3.75. The van der Waals surface area contributed by atoms with E-state index in [2.05, 4.69) is 21.7 Å². The number of aromatic nitrogens is 1. The fourth-order valence-corrected chi connectivity index (χ4v) is 1.78. The van der Waals surface area contributed by atoms with E-state index in [9.17, 15) is 0 Å². The second kappa shape index (κ2) is 6.77. The first-order chi connectivity index (χ1) is 6.95. The summed E-state index contributed by atoms with van der Waals surface area (Å²) in [6, 6.07) is 6.66. The molecule has 1 aliphatic rings. The Kier molecular flexibility index (Phi) is 5.61. The molecule has 1 aromatic heterocycles. The summed E-state index contributed by atoms with van der Waals surface area (Å²) in [5, 5.41) is 6.90. The predicted molar refractivity (Wildman–Crippen MR) is 64.2 cm³/mol. The van der Waals surface area contributed by atoms with Crippen molar-refractivity contribution in [3.63, 3.8) is 0 Å². The van der Waals surface area contributed by atoms with Gasteiger partial charge in [0.15, 0.2) is 0 Å². The molecule has 1 saturated heterocycles. The molecule has 1 unspecified atom stereocenters. The molecule has 0 radical (unpaired) electrons. The van der Waals surface area contributed by atoms with Crippen LogP contribution in [-0.2, 0) is 6.54 Å². The monoisotopic (exact) mass is 227 g/mol. The molecular formula is C11H18ClN3. The highest BCUT2D eigenvalue weighted by molar-refractivity contribution is 5.85. The molecule has 2 heterocycles. The Bertz CT molecular complexity index is 260. The molecule has 3 nitrogen and oxygen atoms in total. The molecule has 0 saturated carbocycles. The molecule has 2 N–H and O–H groups in total. The zero-order valence-electron chi connectivity index (χ0n) is 8.78. The number of hydrogen-bond donors (Lipinski definition) is 2. The summed E-state index contributed by atoms with van der Waals surface area (Å²) in [6.45, 7) is 3.14. The second-order valence-electron chi connectivity index (χ2n) is 3.75. The minimum absolute atomic E-state index is 0. The summed E-state index contributed by atoms with van der Waals surface area (Å²) < 4.78 is 0. The van der Waals surface area contributed by atoms with Crippen molar-refractivity contribution in [3.8, 4) is 0 Å². The smallest absolute Gasteiger partial charge is 0.0541 e. The summed E-state index contributed by atoms with van der Waals surface area (Å²) in [6.07, 6.45) is 4.40. The van der Waals surface area contributed by atoms with Crippen molar-refractivity contribution in [3.05, 3.63) is 30.1 Å². The number of hydrogen-bond acceptors (Lipinski definition) is 3. The van der Waals surface area contributed by atoms with Crippen LogP contribution >= 0.6 is 12.4 Å². The molecule has 2 rings (SSSR count). The summed E-state index contributed by atoms with van der Waals surface area (Å²) in [4.78, 5) is 4.28. The van der Waals surface area contributed by atoms with Crippen molar-refractivity contribution in [2.45, 2.75) is 25.4 Å². The van der Waals surface area contributed by atoms with Gasteiger partial charge >= 0.3 is 0 Å². The summed E-state index contributed by atoms with van der Waals surface area (Å²) in [5.41, 5.74) is 1.12. The van der Waals surface area contributed by atoms with E-state index in [-0.39, 0.29) is 12.4 Å². The molecule has 0 bridgehead atoms. The van der Waals surface area contributed by atoms with Crippen LogP contribution in [0.15, 0.2) is 24.4 Å². The van der Waals surface area contributed by atoms with E-state index >= 15 is 0 Å². The maximum Gasteiger partial charge on any atom is 0.0541 e. The molecule has 15 heavy (non-hydrogen) atoms. The first kappa shape index (κ1) is 12.4. The minimum atomic E-state index is 0. The standard InChI is InChI=1S/C11H17N3.ClH/c1-2-7-13-11(4-1)9-14-10-5-3-6-12-8-10;/h1-2,4,7,10,12,14H,3,5-6,8-9H2;1H. The molecular weight excluding hydrogens is 210 g/mol. The fraction of sp³-hybridized carbons (Fsp3) is 0.545. The number of nitrogens with zero attached hydrogens (tertiary/aromatic N) is 1. The quantitative estimate of drug-likeness (QED) is 0.819. The molecule has 1 aromatic rings. The summed E-state index contributed by atoms with van der Waals surface area (Å²) in [5.74, 6) is 0. The van der Waals surface area contributed by atoms with Crippen LogP contribution in [0, 0.1) is 0 Å². The first-order valence-electron chi connectivity index (χ1n) is 5.29. The highest BCUT2D eigenvalue weighted by Crippen LogP contribution is 2.02. The van der Waals surface area contributed by atoms with Crippen molar-refractivity contribution >= 4 is 12.4 Å². The van der Waals surface area contributed by atoms with E-state index in [0.29, 0.717) is 6.04 Å². The molecule has 4 heteroatoms. The van der Waals surface area contributed by atoms with Crippen molar-refractivity contribution in [1.82, 2.24) is 15.6 Å². The molecule has 0 amide bonds. The van der Waals surface area contributed by atoms with Crippen LogP contribution in [0.25, 0.3) is 0 Å². The van der Waals surface area contributed by atoms with Gasteiger partial charge in [0.2, 0.25) is 0 Å². The number of piperidine rings is 1. The number of rotatable bonds is 3. The van der Waals surface area contributed by atoms with E-state index in [1.165, 1.54) is 19.4 Å². The third-order valence-electron chi connectivity index (χ3n) is 2.59. The summed E-state index contributed by atoms with van der Waals surface area (Å²) in [7, 11) is 0. The van der Waals surface area contributed by atoms with E-state index in [1.807, 2.05) is 18.3 Å². The van der Waals surface area contributed by atoms with E-state index in [0.717, 1.165) is 18.8 Å². The zero-order valence-corrected chi connectivity index (χ0v) is 9.59. The van der Waals surface area contributed by atoms with Crippen LogP contribution in [0.3, 0.4) is 0 Å². The number of pyridine rings is 1. The minimum Gasteiger partial charge on any atom is -0.315 e. The Hall–Kier alpha value is -0.640. The van der Waals surface area contributed by atoms with Crippen LogP contribution in [-0.4, -0.2) is 24.1 Å². The Labute approximate surface area is 97.1 Å². The Morgan fingerprint density at radius 1 is 1.47 bits per heavy atom. The van der Waals surface area contributed by atoms with Gasteiger partial charge in [-0.25, -0.2) is 0 Å². The lowest BCUT2D eigenvalue weighted by Crippen LogP contribution is -2.42. The van der Waals surface area contributed by atoms with Gasteiger partial charge in [-0.15, -0.1) is 12.4 Å². The van der Waals surface area contributed by atoms with Crippen molar-refractivity contribution in [1.29, 1.82) is 0 Å². The van der Waals surface area contributed by atoms with Crippen molar-refractivity contribution in [2.24, 2.45) is 0 Å². The Morgan fingerprint density at radius 2 is 2.40 bits per heavy atom. The lowest BCUT2D eigenvalue weighted by atomic mass is 10.1. The third-order valence-corrected chi connectivity index (χ3v) is 2.59. The predicted octanol–water partition coefficient (Wildman–Crippen LogP) is 1.34. The van der Waals surface area contributed by atoms with Gasteiger partial charge < -0.3 is 10.6 Å². The van der Waals surface area contributed by atoms with Gasteiger partial charge in [-0.2, -0.15) is 0 Å². The normalized spacial score (nSPS) is 20.7. The zero-order chi connectivity index (χ0) is 9.64. The van der Waals surface area contributed by atoms with Gasteiger partial charge in [0.25, 0.3) is 0 Å². The van der Waals surface area contributed by atoms with Gasteiger partial charge in [0, 0.05) is 25.3 Å². The van der Waals surface area contributed by atoms with E-state index in [4.69, 9.17) is 0 Å². The maximum absolute atomic E-state index is 4.28. The molecule has 0 aliphatic carbocycles. The van der Waals surface area contributed by atoms with Gasteiger partial charge in [-0.05, 0) is 31.5 Å². The highest BCUT2D eigenvalue weighted by atomic mass is 35.5. The van der Waals surface area contributed by atoms with Gasteiger partial charge in [-0.3, -0.25) is 4.98 Å². The fourth-order valence-electron chi connectivity index (χ4n) is 1.78. The SMILES string of the molecule is Cl.c1ccc(CNC2CCCNC2)nc1. The average molecular weight is 228 g/mol. The van der Waals surface area contributed by atoms with Crippen LogP contribution in [0.5, 0.6) is 0 Å². The van der Waals surface area contributed by atoms with Crippen LogP contribution in [0.4, 0.5) is 0 Å². The van der Waals surface area contributed by atoms with Crippen LogP contribution < -0.4 is 10.6 Å². The average Bonchev–Trinajstić information content (AvgIpc) is 2.29. The molecule has 1 aliphatic heterocycles. The topological polar surface area (TPSA) is 37.0 Å². The third kappa shape index (κ3) is 4.16. The van der Waals surface area contributed by atoms with Gasteiger partial charge in [0.1, 0.15) is 0 Å². The Balaban J connectivity index is 0.00000112. The number of halogens is 1. The molecule has 0 aromatic carbocycles. The molecule has 84 valence electrons. The van der Waals surface area contributed by atoms with Crippen molar-refractivity contribution < 1.29 is 0 Å². The molecule has 0 spiro atoms. The largest absolute Gasteiger partial charge is 0.315 e. The Morgan fingerprint density at radius 3 is 3.07 bits per heavy atom. The highest BCUT2D eigenvalue weighted by Gasteiger charge is 2.11. The molecule has 1 fully saturated rings. The van der Waals surface area contributed by atoms with Gasteiger partial charge in [0.05, 0.1) is 5.69 Å².